The van der Waals surface area contributed by atoms with Crippen molar-refractivity contribution in [2.24, 2.45) is 0 Å². The summed E-state index contributed by atoms with van der Waals surface area (Å²) in [6.45, 7) is 10.9. The minimum atomic E-state index is 0.0447. The van der Waals surface area contributed by atoms with Gasteiger partial charge in [-0.2, -0.15) is 0 Å². The van der Waals surface area contributed by atoms with Crippen molar-refractivity contribution in [1.29, 1.82) is 0 Å². The summed E-state index contributed by atoms with van der Waals surface area (Å²) in [6.07, 6.45) is 6.86. The number of benzene rings is 1. The molecule has 5 nitrogen and oxygen atoms in total. The fourth-order valence-electron chi connectivity index (χ4n) is 6.16. The molecule has 1 N–H and O–H groups in total. The van der Waals surface area contributed by atoms with Crippen molar-refractivity contribution in [1.82, 2.24) is 19.8 Å². The van der Waals surface area contributed by atoms with Gasteiger partial charge in [0.2, 0.25) is 0 Å². The average molecular weight is 488 g/mol. The molecule has 3 heterocycles. The number of anilines is 1. The quantitative estimate of drug-likeness (QED) is 0.399. The summed E-state index contributed by atoms with van der Waals surface area (Å²) in [5.74, 6) is 0. The molecular weight excluding hydrogens is 450 g/mol. The van der Waals surface area contributed by atoms with Gasteiger partial charge in [0.05, 0.1) is 17.8 Å². The van der Waals surface area contributed by atoms with Gasteiger partial charge in [0, 0.05) is 48.1 Å². The summed E-state index contributed by atoms with van der Waals surface area (Å²) in [7, 11) is 0. The molecule has 3 aromatic rings. The molecule has 0 amide bonds. The molecule has 6 heteroatoms. The van der Waals surface area contributed by atoms with E-state index in [4.69, 9.17) is 17.2 Å². The van der Waals surface area contributed by atoms with Crippen LogP contribution < -0.4 is 10.2 Å². The Kier molecular flexibility index (Phi) is 6.83. The van der Waals surface area contributed by atoms with Crippen LogP contribution in [0.2, 0.25) is 0 Å². The molecular formula is C29H37N5S. The molecule has 184 valence electrons. The Bertz CT molecular complexity index is 1160. The second-order valence-corrected chi connectivity index (χ2v) is 10.2. The highest BCUT2D eigenvalue weighted by molar-refractivity contribution is 7.80. The van der Waals surface area contributed by atoms with E-state index in [9.17, 15) is 0 Å². The molecule has 0 radical (unpaired) electrons. The summed E-state index contributed by atoms with van der Waals surface area (Å²) >= 11 is 5.94. The van der Waals surface area contributed by atoms with Gasteiger partial charge >= 0.3 is 0 Å². The summed E-state index contributed by atoms with van der Waals surface area (Å²) in [5.41, 5.74) is 7.39. The first kappa shape index (κ1) is 23.9. The highest BCUT2D eigenvalue weighted by atomic mass is 32.1. The number of rotatable bonds is 7. The monoisotopic (exact) mass is 487 g/mol. The van der Waals surface area contributed by atoms with Crippen LogP contribution in [0.5, 0.6) is 0 Å². The van der Waals surface area contributed by atoms with Gasteiger partial charge in [0.15, 0.2) is 5.11 Å². The van der Waals surface area contributed by atoms with Crippen LogP contribution in [0.4, 0.5) is 5.69 Å². The third-order valence-electron chi connectivity index (χ3n) is 7.88. The first-order chi connectivity index (χ1) is 17.0. The molecule has 0 spiro atoms. The number of thiocarbonyl (C=S) groups is 1. The maximum absolute atomic E-state index is 5.94. The van der Waals surface area contributed by atoms with Gasteiger partial charge in [-0.05, 0) is 101 Å². The molecule has 1 aliphatic heterocycles. The van der Waals surface area contributed by atoms with Gasteiger partial charge in [-0.1, -0.05) is 18.9 Å². The molecule has 1 saturated carbocycles. The molecule has 0 unspecified atom stereocenters. The van der Waals surface area contributed by atoms with Gasteiger partial charge < -0.3 is 19.7 Å². The summed E-state index contributed by atoms with van der Waals surface area (Å²) in [5, 5.41) is 4.52. The van der Waals surface area contributed by atoms with E-state index in [0.717, 1.165) is 23.9 Å². The predicted octanol–water partition coefficient (Wildman–Crippen LogP) is 6.25. The maximum Gasteiger partial charge on any atom is 0.170 e. The van der Waals surface area contributed by atoms with E-state index in [-0.39, 0.29) is 12.1 Å². The van der Waals surface area contributed by atoms with Crippen LogP contribution in [0.3, 0.4) is 0 Å². The van der Waals surface area contributed by atoms with Gasteiger partial charge in [0.1, 0.15) is 0 Å². The van der Waals surface area contributed by atoms with Crippen LogP contribution in [0.15, 0.2) is 54.7 Å². The molecule has 1 saturated heterocycles. The summed E-state index contributed by atoms with van der Waals surface area (Å²) < 4.78 is 2.39. The molecule has 2 atom stereocenters. The van der Waals surface area contributed by atoms with E-state index in [2.05, 4.69) is 89.8 Å². The van der Waals surface area contributed by atoms with E-state index in [1.807, 2.05) is 12.3 Å². The van der Waals surface area contributed by atoms with Crippen LogP contribution in [0.25, 0.3) is 5.69 Å². The van der Waals surface area contributed by atoms with Gasteiger partial charge in [-0.25, -0.2) is 0 Å². The van der Waals surface area contributed by atoms with Crippen molar-refractivity contribution in [3.05, 3.63) is 77.4 Å². The van der Waals surface area contributed by atoms with Crippen LogP contribution >= 0.6 is 12.2 Å². The molecule has 2 aromatic heterocycles. The SMILES string of the molecule is CCN(CC)c1ccc(-n2c(C)cc([C@H]3[C@H](c4ccccn4)NC(=S)N3C3CCCC3)c2C)cc1. The van der Waals surface area contributed by atoms with Crippen LogP contribution in [-0.2, 0) is 0 Å². The van der Waals surface area contributed by atoms with Crippen molar-refractivity contribution in [2.75, 3.05) is 18.0 Å². The van der Waals surface area contributed by atoms with Gasteiger partial charge in [-0.15, -0.1) is 0 Å². The third kappa shape index (κ3) is 4.33. The summed E-state index contributed by atoms with van der Waals surface area (Å²) in [4.78, 5) is 9.61. The minimum Gasteiger partial charge on any atom is -0.372 e. The predicted molar refractivity (Wildman–Crippen MR) is 148 cm³/mol. The minimum absolute atomic E-state index is 0.0447. The number of hydrogen-bond acceptors (Lipinski definition) is 3. The van der Waals surface area contributed by atoms with Crippen molar-refractivity contribution >= 4 is 23.0 Å². The van der Waals surface area contributed by atoms with E-state index >= 15 is 0 Å². The highest BCUT2D eigenvalue weighted by Crippen LogP contribution is 2.44. The number of hydrogen-bond donors (Lipinski definition) is 1. The number of nitrogens with zero attached hydrogens (tertiary/aromatic N) is 4. The molecule has 35 heavy (non-hydrogen) atoms. The highest BCUT2D eigenvalue weighted by Gasteiger charge is 2.44. The van der Waals surface area contributed by atoms with Gasteiger partial charge in [-0.3, -0.25) is 4.98 Å². The molecule has 2 fully saturated rings. The lowest BCUT2D eigenvalue weighted by atomic mass is 9.95. The largest absolute Gasteiger partial charge is 0.372 e. The number of aromatic nitrogens is 2. The Morgan fingerprint density at radius 2 is 1.74 bits per heavy atom. The number of nitrogens with one attached hydrogen (secondary N) is 1. The lowest BCUT2D eigenvalue weighted by molar-refractivity contribution is 0.245. The van der Waals surface area contributed by atoms with Crippen LogP contribution in [0, 0.1) is 13.8 Å². The van der Waals surface area contributed by atoms with E-state index in [1.165, 1.54) is 54.0 Å². The van der Waals surface area contributed by atoms with E-state index in [1.54, 1.807) is 0 Å². The number of aryl methyl sites for hydroxylation is 1. The zero-order valence-corrected chi connectivity index (χ0v) is 22.2. The lowest BCUT2D eigenvalue weighted by Crippen LogP contribution is -2.37. The van der Waals surface area contributed by atoms with Crippen molar-refractivity contribution in [3.63, 3.8) is 0 Å². The first-order valence-corrected chi connectivity index (χ1v) is 13.5. The van der Waals surface area contributed by atoms with Gasteiger partial charge in [0.25, 0.3) is 0 Å². The standard InChI is InChI=1S/C29H37N5S/c1-5-32(6-2)22-14-16-24(17-15-22)33-20(3)19-25(21(33)4)28-27(26-13-9-10-18-30-26)31-29(35)34(28)23-11-7-8-12-23/h9-10,13-19,23,27-28H,5-8,11-12H2,1-4H3,(H,31,35)/t27-,28-/m0/s1. The number of pyridine rings is 1. The molecule has 1 aromatic carbocycles. The summed E-state index contributed by atoms with van der Waals surface area (Å²) in [6, 6.07) is 18.2. The Hall–Kier alpha value is -2.86. The fraction of sp³-hybridized carbons (Fsp3) is 0.448. The Morgan fingerprint density at radius 1 is 1.03 bits per heavy atom. The van der Waals surface area contributed by atoms with Crippen molar-refractivity contribution < 1.29 is 0 Å². The lowest BCUT2D eigenvalue weighted by Gasteiger charge is -2.33. The molecule has 1 aliphatic carbocycles. The van der Waals surface area contributed by atoms with Crippen molar-refractivity contribution in [3.8, 4) is 5.69 Å². The zero-order chi connectivity index (χ0) is 24.5. The van der Waals surface area contributed by atoms with Crippen molar-refractivity contribution in [2.45, 2.75) is 71.5 Å². The van der Waals surface area contributed by atoms with E-state index < -0.39 is 0 Å². The normalized spacial score (nSPS) is 20.5. The topological polar surface area (TPSA) is 36.3 Å². The molecule has 0 bridgehead atoms. The zero-order valence-electron chi connectivity index (χ0n) is 21.4. The second kappa shape index (κ2) is 10.0. The van der Waals surface area contributed by atoms with Crippen LogP contribution in [0.1, 0.15) is 74.3 Å². The smallest absolute Gasteiger partial charge is 0.170 e. The first-order valence-electron chi connectivity index (χ1n) is 13.1. The molecule has 2 aliphatic rings. The maximum atomic E-state index is 5.94. The second-order valence-electron chi connectivity index (χ2n) is 9.82. The average Bonchev–Trinajstić information content (AvgIpc) is 3.59. The Morgan fingerprint density at radius 3 is 2.37 bits per heavy atom. The van der Waals surface area contributed by atoms with E-state index in [0.29, 0.717) is 6.04 Å². The fourth-order valence-corrected chi connectivity index (χ4v) is 6.55. The Balaban J connectivity index is 1.56. The third-order valence-corrected chi connectivity index (χ3v) is 8.21. The van der Waals surface area contributed by atoms with Crippen LogP contribution in [-0.4, -0.2) is 38.7 Å². The molecule has 5 rings (SSSR count). The Labute approximate surface area is 215 Å².